The Balaban J connectivity index is 2.76. The zero-order valence-electron chi connectivity index (χ0n) is 12.7. The van der Waals surface area contributed by atoms with Crippen molar-refractivity contribution in [2.24, 2.45) is 4.99 Å². The van der Waals surface area contributed by atoms with Crippen molar-refractivity contribution in [3.05, 3.63) is 12.3 Å². The topological polar surface area (TPSA) is 12.4 Å². The molecule has 0 spiro atoms. The number of hydrogen-bond acceptors (Lipinski definition) is 1. The zero-order chi connectivity index (χ0) is 13.3. The minimum atomic E-state index is -2.09. The van der Waals surface area contributed by atoms with Gasteiger partial charge in [0.05, 0.1) is 0 Å². The second kappa shape index (κ2) is 9.17. The summed E-state index contributed by atoms with van der Waals surface area (Å²) in [5, 5.41) is 0. The van der Waals surface area contributed by atoms with Gasteiger partial charge in [-0.05, 0) is 0 Å². The third kappa shape index (κ3) is 4.71. The first-order valence-electron chi connectivity index (χ1n) is 8.01. The first-order valence-corrected chi connectivity index (χ1v) is 15.5. The maximum atomic E-state index is 4.80. The molecule has 2 heteroatoms. The molecule has 18 heavy (non-hydrogen) atoms. The van der Waals surface area contributed by atoms with Gasteiger partial charge in [-0.2, -0.15) is 0 Å². The van der Waals surface area contributed by atoms with Crippen molar-refractivity contribution < 1.29 is 0 Å². The summed E-state index contributed by atoms with van der Waals surface area (Å²) < 4.78 is 6.38. The van der Waals surface area contributed by atoms with Crippen LogP contribution >= 0.6 is 0 Å². The molecule has 0 unspecified atom stereocenters. The predicted molar refractivity (Wildman–Crippen MR) is 86.1 cm³/mol. The molecule has 1 aliphatic heterocycles. The molecule has 104 valence electrons. The normalized spacial score (nSPS) is 15.2. The second-order valence-corrected chi connectivity index (χ2v) is 19.0. The van der Waals surface area contributed by atoms with Gasteiger partial charge in [-0.3, -0.25) is 0 Å². The van der Waals surface area contributed by atoms with Gasteiger partial charge in [0.15, 0.2) is 0 Å². The van der Waals surface area contributed by atoms with Crippen LogP contribution in [0.15, 0.2) is 17.3 Å². The number of rotatable bonds is 10. The summed E-state index contributed by atoms with van der Waals surface area (Å²) in [5.74, 6) is 0. The Morgan fingerprint density at radius 3 is 1.78 bits per heavy atom. The molecule has 1 aliphatic rings. The van der Waals surface area contributed by atoms with Crippen LogP contribution in [0.2, 0.25) is 13.3 Å². The first-order chi connectivity index (χ1) is 8.79. The van der Waals surface area contributed by atoms with Crippen LogP contribution in [0.3, 0.4) is 0 Å². The van der Waals surface area contributed by atoms with Crippen molar-refractivity contribution in [2.75, 3.05) is 0 Å². The molecule has 0 aliphatic carbocycles. The fourth-order valence-corrected chi connectivity index (χ4v) is 19.1. The third-order valence-corrected chi connectivity index (χ3v) is 20.0. The third-order valence-electron chi connectivity index (χ3n) is 4.29. The number of aliphatic imine (C=N–C) groups is 1. The van der Waals surface area contributed by atoms with E-state index in [0.717, 1.165) is 0 Å². The molecule has 0 fully saturated rings. The minimum absolute atomic E-state index is 1.20. The van der Waals surface area contributed by atoms with Crippen molar-refractivity contribution >= 4 is 22.1 Å². The van der Waals surface area contributed by atoms with Gasteiger partial charge in [0.2, 0.25) is 0 Å². The second-order valence-electron chi connectivity index (χ2n) is 5.76. The fraction of sp³-hybridized carbons (Fsp3) is 0.812. The molecule has 1 heterocycles. The van der Waals surface area contributed by atoms with Gasteiger partial charge in [0, 0.05) is 0 Å². The van der Waals surface area contributed by atoms with Crippen LogP contribution in [-0.2, 0) is 0 Å². The Hall–Kier alpha value is 0.209. The summed E-state index contributed by atoms with van der Waals surface area (Å²) in [6.45, 7) is 7.01. The van der Waals surface area contributed by atoms with Gasteiger partial charge < -0.3 is 0 Å². The summed E-state index contributed by atoms with van der Waals surface area (Å²) >= 11 is -2.09. The molecule has 0 aromatic rings. The van der Waals surface area contributed by atoms with Crippen molar-refractivity contribution in [3.8, 4) is 0 Å². The van der Waals surface area contributed by atoms with Crippen molar-refractivity contribution in [3.63, 3.8) is 0 Å². The van der Waals surface area contributed by atoms with Crippen molar-refractivity contribution in [2.45, 2.75) is 79.0 Å². The Morgan fingerprint density at radius 1 is 0.944 bits per heavy atom. The summed E-state index contributed by atoms with van der Waals surface area (Å²) in [4.78, 5) is 4.80. The molecule has 0 saturated carbocycles. The quantitative estimate of drug-likeness (QED) is 0.443. The molecule has 0 radical (unpaired) electrons. The molecule has 0 aromatic heterocycles. The molecule has 1 rings (SSSR count). The van der Waals surface area contributed by atoms with Crippen molar-refractivity contribution in [1.82, 2.24) is 0 Å². The van der Waals surface area contributed by atoms with Gasteiger partial charge >= 0.3 is 118 Å². The first kappa shape index (κ1) is 16.3. The standard InChI is InChI=1S/C4H4N.3C4H9.Sn/c1-2-4-5-3-1;3*1-3-4-2;/h1,3H,2H2;3*1,3-4H2,2H3;. The van der Waals surface area contributed by atoms with E-state index in [9.17, 15) is 0 Å². The molecule has 0 bridgehead atoms. The Labute approximate surface area is 118 Å². The average Bonchev–Trinajstić information content (AvgIpc) is 2.93. The average molecular weight is 356 g/mol. The molecule has 0 atom stereocenters. The van der Waals surface area contributed by atoms with Gasteiger partial charge in [-0.25, -0.2) is 0 Å². The van der Waals surface area contributed by atoms with Crippen LogP contribution in [0, 0.1) is 0 Å². The van der Waals surface area contributed by atoms with Crippen LogP contribution < -0.4 is 0 Å². The van der Waals surface area contributed by atoms with Gasteiger partial charge in [-0.1, -0.05) is 0 Å². The summed E-state index contributed by atoms with van der Waals surface area (Å²) in [7, 11) is 0. The monoisotopic (exact) mass is 357 g/mol. The Kier molecular flexibility index (Phi) is 8.28. The molecular formula is C16H31NSn. The molecule has 1 nitrogen and oxygen atoms in total. The van der Waals surface area contributed by atoms with E-state index in [2.05, 4.69) is 33.0 Å². The zero-order valence-corrected chi connectivity index (χ0v) is 15.5. The Bertz CT molecular complexity index is 259. The molecule has 0 N–H and O–H groups in total. The summed E-state index contributed by atoms with van der Waals surface area (Å²) in [6.07, 6.45) is 14.0. The van der Waals surface area contributed by atoms with E-state index in [-0.39, 0.29) is 0 Å². The van der Waals surface area contributed by atoms with E-state index >= 15 is 0 Å². The number of hydrogen-bond donors (Lipinski definition) is 0. The van der Waals surface area contributed by atoms with E-state index < -0.39 is 18.4 Å². The predicted octanol–water partition coefficient (Wildman–Crippen LogP) is 5.73. The van der Waals surface area contributed by atoms with E-state index in [1.807, 2.05) is 0 Å². The summed E-state index contributed by atoms with van der Waals surface area (Å²) in [6, 6.07) is 0. The van der Waals surface area contributed by atoms with Gasteiger partial charge in [-0.15, -0.1) is 0 Å². The van der Waals surface area contributed by atoms with Crippen LogP contribution in [0.25, 0.3) is 0 Å². The molecular weight excluding hydrogens is 325 g/mol. The number of allylic oxidation sites excluding steroid dienone is 1. The van der Waals surface area contributed by atoms with Crippen LogP contribution in [-0.4, -0.2) is 22.1 Å². The van der Waals surface area contributed by atoms with Crippen LogP contribution in [0.5, 0.6) is 0 Å². The van der Waals surface area contributed by atoms with Crippen molar-refractivity contribution in [1.29, 1.82) is 0 Å². The summed E-state index contributed by atoms with van der Waals surface area (Å²) in [5.41, 5.74) is 0. The number of nitrogens with zero attached hydrogens (tertiary/aromatic N) is 1. The van der Waals surface area contributed by atoms with Crippen LogP contribution in [0.4, 0.5) is 0 Å². The van der Waals surface area contributed by atoms with Gasteiger partial charge in [0.1, 0.15) is 0 Å². The SMILES string of the molecule is CCC[CH2][Sn]([CH2]CCC)([CH2]CCC)[C]1=NC=CC1. The van der Waals surface area contributed by atoms with E-state index in [1.54, 1.807) is 17.0 Å². The fourth-order valence-electron chi connectivity index (χ4n) is 3.07. The molecule has 0 amide bonds. The van der Waals surface area contributed by atoms with E-state index in [4.69, 9.17) is 4.99 Å². The van der Waals surface area contributed by atoms with E-state index in [1.165, 1.54) is 44.9 Å². The van der Waals surface area contributed by atoms with Crippen LogP contribution in [0.1, 0.15) is 65.7 Å². The Morgan fingerprint density at radius 2 is 1.44 bits per heavy atom. The molecule has 0 saturated heterocycles. The number of unbranched alkanes of at least 4 members (excludes halogenated alkanes) is 3. The maximum absolute atomic E-state index is 4.80. The molecule has 0 aromatic carbocycles. The van der Waals surface area contributed by atoms with E-state index in [0.29, 0.717) is 0 Å². The van der Waals surface area contributed by atoms with Gasteiger partial charge in [0.25, 0.3) is 0 Å².